The molecule has 1 fully saturated rings. The molecule has 25 heavy (non-hydrogen) atoms. The Morgan fingerprint density at radius 2 is 2.04 bits per heavy atom. The second kappa shape index (κ2) is 6.39. The Balaban J connectivity index is 1.92. The third-order valence-corrected chi connectivity index (χ3v) is 3.86. The fraction of sp³-hybridized carbons (Fsp3) is 0.294. The van der Waals surface area contributed by atoms with E-state index in [1.54, 1.807) is 31.2 Å². The van der Waals surface area contributed by atoms with E-state index in [4.69, 9.17) is 4.42 Å². The van der Waals surface area contributed by atoms with Crippen LogP contribution in [0.4, 0.5) is 16.2 Å². The Kier molecular flexibility index (Phi) is 4.26. The summed E-state index contributed by atoms with van der Waals surface area (Å²) in [7, 11) is 0. The van der Waals surface area contributed by atoms with Gasteiger partial charge in [-0.1, -0.05) is 26.0 Å². The van der Waals surface area contributed by atoms with Crippen molar-refractivity contribution in [3.8, 4) is 0 Å². The summed E-state index contributed by atoms with van der Waals surface area (Å²) in [4.78, 5) is 41.8. The first kappa shape index (κ1) is 16.7. The number of oxazole rings is 1. The third-order valence-electron chi connectivity index (χ3n) is 3.86. The summed E-state index contributed by atoms with van der Waals surface area (Å²) in [5.41, 5.74) is 0.815. The minimum atomic E-state index is -0.612. The molecule has 2 N–H and O–H groups in total. The zero-order chi connectivity index (χ0) is 18.1. The Bertz CT molecular complexity index is 843. The number of nitrogens with zero attached hydrogens (tertiary/aromatic N) is 2. The topological polar surface area (TPSA) is 105 Å². The van der Waals surface area contributed by atoms with Crippen LogP contribution in [0.1, 0.15) is 42.9 Å². The van der Waals surface area contributed by atoms with Gasteiger partial charge < -0.3 is 15.1 Å². The highest BCUT2D eigenvalue weighted by Crippen LogP contribution is 2.29. The molecule has 1 aliphatic rings. The first-order chi connectivity index (χ1) is 11.9. The highest BCUT2D eigenvalue weighted by atomic mass is 16.3. The van der Waals surface area contributed by atoms with Crippen molar-refractivity contribution in [1.29, 1.82) is 0 Å². The zero-order valence-electron chi connectivity index (χ0n) is 14.1. The number of benzene rings is 1. The van der Waals surface area contributed by atoms with Gasteiger partial charge in [0.25, 0.3) is 11.8 Å². The van der Waals surface area contributed by atoms with Crippen LogP contribution in [0.3, 0.4) is 0 Å². The maximum Gasteiger partial charge on any atom is 0.329 e. The fourth-order valence-corrected chi connectivity index (χ4v) is 2.62. The van der Waals surface area contributed by atoms with Gasteiger partial charge in [0.2, 0.25) is 0 Å². The van der Waals surface area contributed by atoms with Gasteiger partial charge in [0.15, 0.2) is 12.1 Å². The lowest BCUT2D eigenvalue weighted by Gasteiger charge is -2.17. The summed E-state index contributed by atoms with van der Waals surface area (Å²) in [5.74, 6) is -0.384. The molecule has 130 valence electrons. The van der Waals surface area contributed by atoms with Gasteiger partial charge in [-0.2, -0.15) is 0 Å². The maximum atomic E-state index is 12.6. The van der Waals surface area contributed by atoms with Gasteiger partial charge in [0.05, 0.1) is 11.4 Å². The second-order valence-corrected chi connectivity index (χ2v) is 6.04. The molecule has 1 unspecified atom stereocenters. The summed E-state index contributed by atoms with van der Waals surface area (Å²) in [5, 5.41) is 5.25. The molecule has 1 aliphatic heterocycles. The van der Waals surface area contributed by atoms with Crippen LogP contribution in [-0.4, -0.2) is 28.9 Å². The Morgan fingerprint density at radius 3 is 2.68 bits per heavy atom. The number of hydrogen-bond acceptors (Lipinski definition) is 5. The SMILES string of the molecule is CC1NC(=O)N(c2ccccc2NC(=O)c2ncoc2C(C)C)C1=O. The molecule has 1 aromatic heterocycles. The number of anilines is 2. The van der Waals surface area contributed by atoms with Crippen molar-refractivity contribution in [2.45, 2.75) is 32.7 Å². The number of carbonyl (C=O) groups is 3. The van der Waals surface area contributed by atoms with Crippen LogP contribution in [0, 0.1) is 0 Å². The zero-order valence-corrected chi connectivity index (χ0v) is 14.1. The summed E-state index contributed by atoms with van der Waals surface area (Å²) >= 11 is 0. The first-order valence-electron chi connectivity index (χ1n) is 7.88. The lowest BCUT2D eigenvalue weighted by molar-refractivity contribution is -0.117. The Morgan fingerprint density at radius 1 is 1.32 bits per heavy atom. The molecular weight excluding hydrogens is 324 g/mol. The molecule has 4 amide bonds. The van der Waals surface area contributed by atoms with E-state index in [9.17, 15) is 14.4 Å². The molecule has 0 radical (unpaired) electrons. The highest BCUT2D eigenvalue weighted by Gasteiger charge is 2.37. The number of hydrogen-bond donors (Lipinski definition) is 2. The molecule has 2 heterocycles. The van der Waals surface area contributed by atoms with Gasteiger partial charge in [0, 0.05) is 5.92 Å². The monoisotopic (exact) mass is 342 g/mol. The molecule has 3 rings (SSSR count). The molecule has 8 heteroatoms. The number of carbonyl (C=O) groups excluding carboxylic acids is 3. The number of rotatable bonds is 4. The Labute approximate surface area is 144 Å². The van der Waals surface area contributed by atoms with E-state index in [2.05, 4.69) is 15.6 Å². The van der Waals surface area contributed by atoms with E-state index in [1.807, 2.05) is 13.8 Å². The van der Waals surface area contributed by atoms with Gasteiger partial charge in [-0.3, -0.25) is 9.59 Å². The van der Waals surface area contributed by atoms with Crippen LogP contribution >= 0.6 is 0 Å². The first-order valence-corrected chi connectivity index (χ1v) is 7.88. The van der Waals surface area contributed by atoms with Crippen LogP contribution in [0.15, 0.2) is 35.1 Å². The molecule has 1 aromatic carbocycles. The molecule has 0 aliphatic carbocycles. The van der Waals surface area contributed by atoms with E-state index in [1.165, 1.54) is 6.39 Å². The van der Waals surface area contributed by atoms with Crippen LogP contribution in [0.2, 0.25) is 0 Å². The van der Waals surface area contributed by atoms with E-state index in [0.29, 0.717) is 17.1 Å². The number of amides is 4. The van der Waals surface area contributed by atoms with E-state index < -0.39 is 18.0 Å². The summed E-state index contributed by atoms with van der Waals surface area (Å²) in [6, 6.07) is 5.46. The molecule has 1 saturated heterocycles. The van der Waals surface area contributed by atoms with Crippen LogP contribution in [0.5, 0.6) is 0 Å². The highest BCUT2D eigenvalue weighted by molar-refractivity contribution is 6.23. The van der Waals surface area contributed by atoms with Crippen LogP contribution in [0.25, 0.3) is 0 Å². The molecule has 0 bridgehead atoms. The van der Waals surface area contributed by atoms with Gasteiger partial charge in [-0.05, 0) is 19.1 Å². The van der Waals surface area contributed by atoms with Crippen LogP contribution < -0.4 is 15.5 Å². The average molecular weight is 342 g/mol. The standard InChI is InChI=1S/C17H18N4O4/c1-9(2)14-13(18-8-25-14)15(22)20-11-6-4-5-7-12(11)21-16(23)10(3)19-17(21)24/h4-10H,1-3H3,(H,19,24)(H,20,22). The minimum absolute atomic E-state index is 0.00900. The van der Waals surface area contributed by atoms with Crippen molar-refractivity contribution in [3.63, 3.8) is 0 Å². The Hall–Kier alpha value is -3.16. The molecule has 0 spiro atoms. The second-order valence-electron chi connectivity index (χ2n) is 6.04. The van der Waals surface area contributed by atoms with Crippen molar-refractivity contribution in [2.24, 2.45) is 0 Å². The predicted molar refractivity (Wildman–Crippen MR) is 90.5 cm³/mol. The van der Waals surface area contributed by atoms with E-state index in [0.717, 1.165) is 4.90 Å². The lowest BCUT2D eigenvalue weighted by Crippen LogP contribution is -2.32. The number of urea groups is 1. The summed E-state index contributed by atoms with van der Waals surface area (Å²) in [6.07, 6.45) is 1.22. The van der Waals surface area contributed by atoms with Gasteiger partial charge in [0.1, 0.15) is 11.8 Å². The maximum absolute atomic E-state index is 12.6. The van der Waals surface area contributed by atoms with Crippen molar-refractivity contribution in [1.82, 2.24) is 10.3 Å². The normalized spacial score (nSPS) is 17.1. The van der Waals surface area contributed by atoms with Crippen molar-refractivity contribution < 1.29 is 18.8 Å². The molecule has 1 atom stereocenters. The third kappa shape index (κ3) is 2.98. The summed E-state index contributed by atoms with van der Waals surface area (Å²) < 4.78 is 5.26. The summed E-state index contributed by atoms with van der Waals surface area (Å²) in [6.45, 7) is 5.38. The fourth-order valence-electron chi connectivity index (χ4n) is 2.62. The number of nitrogens with one attached hydrogen (secondary N) is 2. The average Bonchev–Trinajstić information content (AvgIpc) is 3.14. The van der Waals surface area contributed by atoms with Crippen LogP contribution in [-0.2, 0) is 4.79 Å². The largest absolute Gasteiger partial charge is 0.447 e. The lowest BCUT2D eigenvalue weighted by atomic mass is 10.1. The minimum Gasteiger partial charge on any atom is -0.447 e. The number of imide groups is 1. The quantitative estimate of drug-likeness (QED) is 0.831. The van der Waals surface area contributed by atoms with Crippen molar-refractivity contribution in [2.75, 3.05) is 10.2 Å². The molecule has 2 aromatic rings. The van der Waals surface area contributed by atoms with E-state index in [-0.39, 0.29) is 17.5 Å². The molecule has 8 nitrogen and oxygen atoms in total. The molecule has 0 saturated carbocycles. The van der Waals surface area contributed by atoms with E-state index >= 15 is 0 Å². The smallest absolute Gasteiger partial charge is 0.329 e. The number of para-hydroxylation sites is 2. The van der Waals surface area contributed by atoms with Gasteiger partial charge in [-0.15, -0.1) is 0 Å². The van der Waals surface area contributed by atoms with Crippen molar-refractivity contribution in [3.05, 3.63) is 42.1 Å². The molecular formula is C17H18N4O4. The number of aromatic nitrogens is 1. The van der Waals surface area contributed by atoms with Gasteiger partial charge >= 0.3 is 6.03 Å². The predicted octanol–water partition coefficient (Wildman–Crippen LogP) is 2.50. The van der Waals surface area contributed by atoms with Gasteiger partial charge in [-0.25, -0.2) is 14.7 Å². The van der Waals surface area contributed by atoms with Crippen molar-refractivity contribution >= 4 is 29.2 Å².